The number of aromatic nitrogens is 2. The summed E-state index contributed by atoms with van der Waals surface area (Å²) < 4.78 is 22.3. The van der Waals surface area contributed by atoms with Crippen LogP contribution in [0.25, 0.3) is 0 Å². The topological polar surface area (TPSA) is 98.7 Å². The molecule has 136 valence electrons. The van der Waals surface area contributed by atoms with Crippen LogP contribution in [0.1, 0.15) is 12.8 Å². The fraction of sp³-hybridized carbons (Fsp3) is 0.733. The zero-order chi connectivity index (χ0) is 17.7. The average Bonchev–Trinajstić information content (AvgIpc) is 2.83. The maximum Gasteiger partial charge on any atom is 0.147 e. The second-order valence-corrected chi connectivity index (χ2v) is 8.89. The van der Waals surface area contributed by atoms with Crippen molar-refractivity contribution < 1.29 is 13.5 Å². The van der Waals surface area contributed by atoms with Gasteiger partial charge in [-0.05, 0) is 26.9 Å². The lowest BCUT2D eigenvalue weighted by atomic mass is 10.2. The van der Waals surface area contributed by atoms with Crippen molar-refractivity contribution in [2.75, 3.05) is 56.0 Å². The van der Waals surface area contributed by atoms with Crippen LogP contribution in [0.5, 0.6) is 0 Å². The van der Waals surface area contributed by atoms with Crippen molar-refractivity contribution in [3.05, 3.63) is 12.4 Å². The van der Waals surface area contributed by atoms with Gasteiger partial charge in [-0.3, -0.25) is 0 Å². The SMILES string of the molecule is CN(C)C[C@H]1C[C@@H](O)CN1c1cc(NCCCS(C)(=O)=O)ncn1. The van der Waals surface area contributed by atoms with Crippen molar-refractivity contribution in [1.29, 1.82) is 0 Å². The Labute approximate surface area is 143 Å². The number of nitrogens with zero attached hydrogens (tertiary/aromatic N) is 4. The summed E-state index contributed by atoms with van der Waals surface area (Å²) in [6, 6.07) is 2.06. The van der Waals surface area contributed by atoms with E-state index in [1.807, 2.05) is 20.2 Å². The number of anilines is 2. The first-order valence-corrected chi connectivity index (χ1v) is 10.1. The minimum atomic E-state index is -2.94. The molecule has 2 N–H and O–H groups in total. The summed E-state index contributed by atoms with van der Waals surface area (Å²) in [6.07, 6.45) is 3.63. The molecule has 0 amide bonds. The van der Waals surface area contributed by atoms with E-state index < -0.39 is 9.84 Å². The number of aliphatic hydroxyl groups is 1. The van der Waals surface area contributed by atoms with Gasteiger partial charge in [0.05, 0.1) is 11.9 Å². The summed E-state index contributed by atoms with van der Waals surface area (Å²) in [5.74, 6) is 1.60. The largest absolute Gasteiger partial charge is 0.391 e. The van der Waals surface area contributed by atoms with Crippen LogP contribution in [0.4, 0.5) is 11.6 Å². The zero-order valence-corrected chi connectivity index (χ0v) is 15.3. The molecule has 1 aliphatic rings. The molecule has 9 heteroatoms. The van der Waals surface area contributed by atoms with Gasteiger partial charge < -0.3 is 20.2 Å². The summed E-state index contributed by atoms with van der Waals surface area (Å²) in [5, 5.41) is 13.1. The second-order valence-electron chi connectivity index (χ2n) is 6.63. The molecule has 0 spiro atoms. The van der Waals surface area contributed by atoms with Crippen molar-refractivity contribution in [2.45, 2.75) is 25.0 Å². The van der Waals surface area contributed by atoms with E-state index in [2.05, 4.69) is 25.1 Å². The molecule has 2 heterocycles. The molecule has 24 heavy (non-hydrogen) atoms. The quantitative estimate of drug-likeness (QED) is 0.619. The number of rotatable bonds is 8. The maximum absolute atomic E-state index is 11.1. The minimum absolute atomic E-state index is 0.154. The molecular weight excluding hydrogens is 330 g/mol. The number of hydrogen-bond acceptors (Lipinski definition) is 8. The minimum Gasteiger partial charge on any atom is -0.391 e. The fourth-order valence-corrected chi connectivity index (χ4v) is 3.59. The first kappa shape index (κ1) is 18.9. The van der Waals surface area contributed by atoms with E-state index in [-0.39, 0.29) is 17.9 Å². The van der Waals surface area contributed by atoms with Crippen LogP contribution in [0, 0.1) is 0 Å². The first-order chi connectivity index (χ1) is 11.2. The highest BCUT2D eigenvalue weighted by Gasteiger charge is 2.32. The van der Waals surface area contributed by atoms with E-state index in [4.69, 9.17) is 0 Å². The molecule has 8 nitrogen and oxygen atoms in total. The highest BCUT2D eigenvalue weighted by Crippen LogP contribution is 2.25. The van der Waals surface area contributed by atoms with Gasteiger partial charge in [0.1, 0.15) is 27.8 Å². The van der Waals surface area contributed by atoms with Crippen LogP contribution >= 0.6 is 0 Å². The summed E-state index contributed by atoms with van der Waals surface area (Å²) in [7, 11) is 1.08. The zero-order valence-electron chi connectivity index (χ0n) is 14.5. The molecule has 0 bridgehead atoms. The molecule has 1 fully saturated rings. The van der Waals surface area contributed by atoms with Gasteiger partial charge in [0.2, 0.25) is 0 Å². The Morgan fingerprint density at radius 1 is 1.42 bits per heavy atom. The fourth-order valence-electron chi connectivity index (χ4n) is 2.92. The van der Waals surface area contributed by atoms with E-state index in [1.165, 1.54) is 12.6 Å². The van der Waals surface area contributed by atoms with Gasteiger partial charge in [0.25, 0.3) is 0 Å². The van der Waals surface area contributed by atoms with Crippen molar-refractivity contribution >= 4 is 21.5 Å². The lowest BCUT2D eigenvalue weighted by Gasteiger charge is -2.27. The third-order valence-electron chi connectivity index (χ3n) is 3.91. The number of likely N-dealkylation sites (N-methyl/N-ethyl adjacent to an activating group) is 1. The lowest BCUT2D eigenvalue weighted by Crippen LogP contribution is -2.38. The van der Waals surface area contributed by atoms with Crippen LogP contribution in [0.3, 0.4) is 0 Å². The standard InChI is InChI=1S/C15H27N5O3S/c1-19(2)9-12-7-13(21)10-20(12)15-8-14(17-11-18-15)16-5-4-6-24(3,22)23/h8,11-13,21H,4-7,9-10H2,1-3H3,(H,16,17,18)/t12-,13-/m1/s1. The third kappa shape index (κ3) is 5.88. The summed E-state index contributed by atoms with van der Waals surface area (Å²) in [4.78, 5) is 12.7. The Balaban J connectivity index is 1.98. The number of nitrogens with one attached hydrogen (secondary N) is 1. The van der Waals surface area contributed by atoms with E-state index in [0.717, 1.165) is 18.8 Å². The average molecular weight is 357 g/mol. The molecule has 0 unspecified atom stereocenters. The molecule has 1 aromatic heterocycles. The molecule has 0 radical (unpaired) electrons. The summed E-state index contributed by atoms with van der Waals surface area (Å²) >= 11 is 0. The monoisotopic (exact) mass is 357 g/mol. The van der Waals surface area contributed by atoms with E-state index in [9.17, 15) is 13.5 Å². The number of hydrogen-bond donors (Lipinski definition) is 2. The Morgan fingerprint density at radius 3 is 2.83 bits per heavy atom. The van der Waals surface area contributed by atoms with Gasteiger partial charge in [-0.2, -0.15) is 0 Å². The third-order valence-corrected chi connectivity index (χ3v) is 4.94. The number of sulfone groups is 1. The van der Waals surface area contributed by atoms with E-state index in [1.54, 1.807) is 0 Å². The van der Waals surface area contributed by atoms with Crippen LogP contribution in [-0.4, -0.2) is 86.3 Å². The number of β-amino-alcohol motifs (C(OH)–C–C–N with tert-alkyl or cyclic N) is 1. The Bertz CT molecular complexity index is 638. The Morgan fingerprint density at radius 2 is 2.17 bits per heavy atom. The lowest BCUT2D eigenvalue weighted by molar-refractivity contribution is 0.191. The predicted octanol–water partition coefficient (Wildman–Crippen LogP) is -0.176. The number of aliphatic hydroxyl groups excluding tert-OH is 1. The van der Waals surface area contributed by atoms with Crippen molar-refractivity contribution in [2.24, 2.45) is 0 Å². The predicted molar refractivity (Wildman–Crippen MR) is 95.2 cm³/mol. The van der Waals surface area contributed by atoms with Crippen molar-refractivity contribution in [3.8, 4) is 0 Å². The van der Waals surface area contributed by atoms with Gasteiger partial charge in [0.15, 0.2) is 0 Å². The Kier molecular flexibility index (Phi) is 6.36. The van der Waals surface area contributed by atoms with Gasteiger partial charge in [-0.25, -0.2) is 18.4 Å². The molecule has 1 aliphatic heterocycles. The summed E-state index contributed by atoms with van der Waals surface area (Å²) in [6.45, 7) is 1.94. The molecule has 2 atom stereocenters. The molecular formula is C15H27N5O3S. The van der Waals surface area contributed by atoms with E-state index in [0.29, 0.717) is 25.3 Å². The van der Waals surface area contributed by atoms with Crippen LogP contribution in [0.2, 0.25) is 0 Å². The molecule has 1 aromatic rings. The normalized spacial score (nSPS) is 21.5. The van der Waals surface area contributed by atoms with Crippen LogP contribution in [0.15, 0.2) is 12.4 Å². The highest BCUT2D eigenvalue weighted by molar-refractivity contribution is 7.90. The second kappa shape index (κ2) is 8.09. The van der Waals surface area contributed by atoms with Gasteiger partial charge in [-0.1, -0.05) is 0 Å². The van der Waals surface area contributed by atoms with Gasteiger partial charge in [-0.15, -0.1) is 0 Å². The maximum atomic E-state index is 11.1. The molecule has 0 saturated carbocycles. The molecule has 0 aliphatic carbocycles. The molecule has 1 saturated heterocycles. The molecule has 2 rings (SSSR count). The Hall–Kier alpha value is -1.45. The molecule has 0 aromatic carbocycles. The first-order valence-electron chi connectivity index (χ1n) is 8.07. The van der Waals surface area contributed by atoms with Gasteiger partial charge >= 0.3 is 0 Å². The van der Waals surface area contributed by atoms with Crippen molar-refractivity contribution in [3.63, 3.8) is 0 Å². The highest BCUT2D eigenvalue weighted by atomic mass is 32.2. The smallest absolute Gasteiger partial charge is 0.147 e. The van der Waals surface area contributed by atoms with E-state index >= 15 is 0 Å². The summed E-state index contributed by atoms with van der Waals surface area (Å²) in [5.41, 5.74) is 0. The van der Waals surface area contributed by atoms with Crippen LogP contribution in [-0.2, 0) is 9.84 Å². The van der Waals surface area contributed by atoms with Gasteiger partial charge in [0, 0.05) is 38.0 Å². The van der Waals surface area contributed by atoms with Crippen LogP contribution < -0.4 is 10.2 Å². The van der Waals surface area contributed by atoms with Crippen molar-refractivity contribution in [1.82, 2.24) is 14.9 Å².